The van der Waals surface area contributed by atoms with E-state index in [0.717, 1.165) is 52.1 Å². The number of hydrogen-bond acceptors (Lipinski definition) is 4. The molecule has 0 bridgehead atoms. The third-order valence-corrected chi connectivity index (χ3v) is 4.02. The predicted molar refractivity (Wildman–Crippen MR) is 81.6 cm³/mol. The van der Waals surface area contributed by atoms with E-state index in [9.17, 15) is 5.11 Å². The molecule has 0 aliphatic carbocycles. The Morgan fingerprint density at radius 3 is 2.26 bits per heavy atom. The number of rotatable bonds is 7. The Balaban J connectivity index is 2.21. The zero-order valence-corrected chi connectivity index (χ0v) is 13.3. The lowest BCUT2D eigenvalue weighted by molar-refractivity contribution is 0.0594. The van der Waals surface area contributed by atoms with Crippen LogP contribution in [-0.2, 0) is 0 Å². The summed E-state index contributed by atoms with van der Waals surface area (Å²) in [5, 5.41) is 12.7. The Morgan fingerprint density at radius 2 is 1.79 bits per heavy atom. The number of aliphatic hydroxyl groups excluding tert-OH is 1. The maximum Gasteiger partial charge on any atom is 0.0585 e. The largest absolute Gasteiger partial charge is 0.395 e. The van der Waals surface area contributed by atoms with Crippen LogP contribution in [0.15, 0.2) is 0 Å². The Labute approximate surface area is 119 Å². The molecule has 2 N–H and O–H groups in total. The fraction of sp³-hybridized carbons (Fsp3) is 1.00. The third kappa shape index (κ3) is 6.21. The molecule has 0 spiro atoms. The highest BCUT2D eigenvalue weighted by molar-refractivity contribution is 4.82. The standard InChI is InChI=1S/C15H33N3O/c1-5-7-16-14(13-19)6-8-17-9-11-18(12-10-17)15(2,3)4/h14,16,19H,5-13H2,1-4H3. The van der Waals surface area contributed by atoms with E-state index in [0.29, 0.717) is 5.54 Å². The molecule has 1 saturated heterocycles. The van der Waals surface area contributed by atoms with Gasteiger partial charge in [0.1, 0.15) is 0 Å². The van der Waals surface area contributed by atoms with Crippen LogP contribution in [0, 0.1) is 0 Å². The molecule has 0 saturated carbocycles. The molecule has 114 valence electrons. The quantitative estimate of drug-likeness (QED) is 0.729. The van der Waals surface area contributed by atoms with E-state index in [2.05, 4.69) is 42.8 Å². The van der Waals surface area contributed by atoms with Gasteiger partial charge in [-0.25, -0.2) is 0 Å². The van der Waals surface area contributed by atoms with Gasteiger partial charge in [0.2, 0.25) is 0 Å². The smallest absolute Gasteiger partial charge is 0.0585 e. The van der Waals surface area contributed by atoms with Gasteiger partial charge in [-0.1, -0.05) is 6.92 Å². The van der Waals surface area contributed by atoms with Gasteiger partial charge in [0.25, 0.3) is 0 Å². The Morgan fingerprint density at radius 1 is 1.16 bits per heavy atom. The molecular formula is C15H33N3O. The lowest BCUT2D eigenvalue weighted by atomic mass is 10.0. The van der Waals surface area contributed by atoms with E-state index in [1.807, 2.05) is 0 Å². The number of nitrogens with one attached hydrogen (secondary N) is 1. The minimum atomic E-state index is 0.252. The third-order valence-electron chi connectivity index (χ3n) is 4.02. The summed E-state index contributed by atoms with van der Waals surface area (Å²) in [4.78, 5) is 5.08. The van der Waals surface area contributed by atoms with Crippen molar-refractivity contribution in [3.63, 3.8) is 0 Å². The van der Waals surface area contributed by atoms with Crippen LogP contribution in [0.2, 0.25) is 0 Å². The molecule has 0 aromatic carbocycles. The highest BCUT2D eigenvalue weighted by Crippen LogP contribution is 2.15. The highest BCUT2D eigenvalue weighted by atomic mass is 16.3. The SMILES string of the molecule is CCCNC(CO)CCN1CCN(C(C)(C)C)CC1. The Bertz CT molecular complexity index is 232. The first-order chi connectivity index (χ1) is 8.97. The fourth-order valence-electron chi connectivity index (χ4n) is 2.59. The van der Waals surface area contributed by atoms with Crippen molar-refractivity contribution in [2.75, 3.05) is 45.9 Å². The van der Waals surface area contributed by atoms with Gasteiger partial charge >= 0.3 is 0 Å². The van der Waals surface area contributed by atoms with Gasteiger partial charge in [0.05, 0.1) is 6.61 Å². The summed E-state index contributed by atoms with van der Waals surface area (Å²) >= 11 is 0. The molecule has 19 heavy (non-hydrogen) atoms. The summed E-state index contributed by atoms with van der Waals surface area (Å²) in [5.41, 5.74) is 0.294. The second kappa shape index (κ2) is 8.20. The van der Waals surface area contributed by atoms with Crippen molar-refractivity contribution in [3.8, 4) is 0 Å². The Hall–Kier alpha value is -0.160. The topological polar surface area (TPSA) is 38.7 Å². The highest BCUT2D eigenvalue weighted by Gasteiger charge is 2.25. The summed E-state index contributed by atoms with van der Waals surface area (Å²) in [6, 6.07) is 0.264. The second-order valence-electron chi connectivity index (χ2n) is 6.62. The molecule has 1 fully saturated rings. The summed E-state index contributed by atoms with van der Waals surface area (Å²) in [7, 11) is 0. The van der Waals surface area contributed by atoms with E-state index >= 15 is 0 Å². The average molecular weight is 271 g/mol. The van der Waals surface area contributed by atoms with Crippen LogP contribution in [-0.4, -0.2) is 72.4 Å². The van der Waals surface area contributed by atoms with Gasteiger partial charge in [0, 0.05) is 37.8 Å². The van der Waals surface area contributed by atoms with Gasteiger partial charge in [-0.3, -0.25) is 4.90 Å². The van der Waals surface area contributed by atoms with Gasteiger partial charge in [-0.05, 0) is 46.7 Å². The number of aliphatic hydroxyl groups is 1. The first kappa shape index (κ1) is 16.9. The molecule has 0 amide bonds. The van der Waals surface area contributed by atoms with Gasteiger partial charge in [-0.2, -0.15) is 0 Å². The summed E-state index contributed by atoms with van der Waals surface area (Å²) < 4.78 is 0. The summed E-state index contributed by atoms with van der Waals surface area (Å²) in [6.45, 7) is 16.0. The van der Waals surface area contributed by atoms with E-state index in [-0.39, 0.29) is 12.6 Å². The minimum Gasteiger partial charge on any atom is -0.395 e. The molecule has 1 unspecified atom stereocenters. The molecule has 0 aromatic heterocycles. The maximum absolute atomic E-state index is 9.34. The second-order valence-corrected chi connectivity index (χ2v) is 6.62. The molecule has 0 radical (unpaired) electrons. The van der Waals surface area contributed by atoms with Crippen LogP contribution in [0.5, 0.6) is 0 Å². The normalized spacial score (nSPS) is 20.7. The minimum absolute atomic E-state index is 0.252. The zero-order chi connectivity index (χ0) is 14.3. The van der Waals surface area contributed by atoms with E-state index in [1.54, 1.807) is 0 Å². The lowest BCUT2D eigenvalue weighted by Crippen LogP contribution is -2.53. The number of nitrogens with zero attached hydrogens (tertiary/aromatic N) is 2. The first-order valence-electron chi connectivity index (χ1n) is 7.79. The maximum atomic E-state index is 9.34. The molecular weight excluding hydrogens is 238 g/mol. The van der Waals surface area contributed by atoms with Crippen molar-refractivity contribution in [2.45, 2.75) is 52.1 Å². The van der Waals surface area contributed by atoms with Crippen LogP contribution >= 0.6 is 0 Å². The summed E-state index contributed by atoms with van der Waals surface area (Å²) in [5.74, 6) is 0. The molecule has 1 aliphatic rings. The molecule has 1 aliphatic heterocycles. The monoisotopic (exact) mass is 271 g/mol. The van der Waals surface area contributed by atoms with E-state index in [1.165, 1.54) is 0 Å². The van der Waals surface area contributed by atoms with Gasteiger partial charge in [-0.15, -0.1) is 0 Å². The van der Waals surface area contributed by atoms with Crippen molar-refractivity contribution in [2.24, 2.45) is 0 Å². The van der Waals surface area contributed by atoms with Gasteiger partial charge < -0.3 is 15.3 Å². The fourth-order valence-corrected chi connectivity index (χ4v) is 2.59. The number of hydrogen-bond donors (Lipinski definition) is 2. The lowest BCUT2D eigenvalue weighted by Gasteiger charge is -2.42. The predicted octanol–water partition coefficient (Wildman–Crippen LogP) is 1.15. The first-order valence-corrected chi connectivity index (χ1v) is 7.79. The van der Waals surface area contributed by atoms with Crippen molar-refractivity contribution in [1.82, 2.24) is 15.1 Å². The molecule has 4 heteroatoms. The molecule has 0 aromatic rings. The van der Waals surface area contributed by atoms with E-state index < -0.39 is 0 Å². The van der Waals surface area contributed by atoms with Crippen LogP contribution in [0.4, 0.5) is 0 Å². The van der Waals surface area contributed by atoms with Crippen molar-refractivity contribution < 1.29 is 5.11 Å². The van der Waals surface area contributed by atoms with Crippen molar-refractivity contribution in [3.05, 3.63) is 0 Å². The van der Waals surface area contributed by atoms with Crippen LogP contribution in [0.1, 0.15) is 40.5 Å². The van der Waals surface area contributed by atoms with Crippen LogP contribution < -0.4 is 5.32 Å². The molecule has 1 heterocycles. The van der Waals surface area contributed by atoms with Crippen LogP contribution in [0.25, 0.3) is 0 Å². The molecule has 1 atom stereocenters. The van der Waals surface area contributed by atoms with Crippen molar-refractivity contribution >= 4 is 0 Å². The number of piperazine rings is 1. The summed E-state index contributed by atoms with van der Waals surface area (Å²) in [6.07, 6.45) is 2.17. The Kier molecular flexibility index (Phi) is 7.29. The molecule has 4 nitrogen and oxygen atoms in total. The van der Waals surface area contributed by atoms with Gasteiger partial charge in [0.15, 0.2) is 0 Å². The van der Waals surface area contributed by atoms with E-state index in [4.69, 9.17) is 0 Å². The van der Waals surface area contributed by atoms with Crippen LogP contribution in [0.3, 0.4) is 0 Å². The molecule has 1 rings (SSSR count). The zero-order valence-electron chi connectivity index (χ0n) is 13.3. The van der Waals surface area contributed by atoms with Crippen molar-refractivity contribution in [1.29, 1.82) is 0 Å². The average Bonchev–Trinajstić information content (AvgIpc) is 2.38.